The van der Waals surface area contributed by atoms with E-state index in [0.29, 0.717) is 0 Å². The predicted octanol–water partition coefficient (Wildman–Crippen LogP) is 13.6. The van der Waals surface area contributed by atoms with Crippen molar-refractivity contribution in [1.82, 2.24) is 0 Å². The minimum Gasteiger partial charge on any atom is -0.0591 e. The molecule has 0 amide bonds. The van der Waals surface area contributed by atoms with Crippen molar-refractivity contribution in [3.63, 3.8) is 0 Å². The van der Waals surface area contributed by atoms with Crippen LogP contribution in [0.25, 0.3) is 33.4 Å². The Hall–Kier alpha value is -5.46. The molecule has 264 valence electrons. The van der Waals surface area contributed by atoms with E-state index in [1.807, 2.05) is 0 Å². The molecule has 10 rings (SSSR count). The van der Waals surface area contributed by atoms with Gasteiger partial charge in [0.25, 0.3) is 0 Å². The summed E-state index contributed by atoms with van der Waals surface area (Å²) >= 11 is 0. The summed E-state index contributed by atoms with van der Waals surface area (Å²) in [5.74, 6) is 0.818. The van der Waals surface area contributed by atoms with Gasteiger partial charge < -0.3 is 0 Å². The van der Waals surface area contributed by atoms with Gasteiger partial charge in [0.1, 0.15) is 0 Å². The normalized spacial score (nSPS) is 17.1. The first-order valence-electron chi connectivity index (χ1n) is 19.9. The van der Waals surface area contributed by atoms with E-state index in [1.165, 1.54) is 100 Å². The molecule has 0 aromatic heterocycles. The maximum absolute atomic E-state index is 2.52. The van der Waals surface area contributed by atoms with Gasteiger partial charge in [0, 0.05) is 17.8 Å². The number of benzene rings is 7. The zero-order valence-corrected chi connectivity index (χ0v) is 32.5. The number of rotatable bonds is 6. The van der Waals surface area contributed by atoms with Crippen LogP contribution in [0.2, 0.25) is 0 Å². The Morgan fingerprint density at radius 2 is 0.537 bits per heavy atom. The van der Waals surface area contributed by atoms with Gasteiger partial charge in [0.2, 0.25) is 0 Å². The van der Waals surface area contributed by atoms with E-state index >= 15 is 0 Å². The van der Waals surface area contributed by atoms with E-state index in [1.54, 1.807) is 16.7 Å². The second-order valence-corrected chi connectivity index (χ2v) is 16.9. The fourth-order valence-electron chi connectivity index (χ4n) is 10.3. The SMILES string of the molecule is Cc1ccc(CC2c3cc(C)ccc3-c3c2c2c(c4c3C(Cc3ccc(C)cc3)c3cc(C)ccc3-4)C(Cc3ccc(C)cc3)c3cc(C)ccc3-2)cc1. The highest BCUT2D eigenvalue weighted by Crippen LogP contribution is 2.65. The Morgan fingerprint density at radius 3 is 0.796 bits per heavy atom. The van der Waals surface area contributed by atoms with Crippen LogP contribution < -0.4 is 0 Å². The van der Waals surface area contributed by atoms with Crippen LogP contribution >= 0.6 is 0 Å². The second-order valence-electron chi connectivity index (χ2n) is 16.9. The minimum atomic E-state index is 0.273. The summed E-state index contributed by atoms with van der Waals surface area (Å²) in [5.41, 5.74) is 30.3. The third kappa shape index (κ3) is 5.25. The van der Waals surface area contributed by atoms with Crippen molar-refractivity contribution in [2.24, 2.45) is 0 Å². The van der Waals surface area contributed by atoms with Crippen molar-refractivity contribution in [2.75, 3.05) is 0 Å². The molecule has 0 heteroatoms. The van der Waals surface area contributed by atoms with Crippen molar-refractivity contribution in [3.8, 4) is 33.4 Å². The lowest BCUT2D eigenvalue weighted by Gasteiger charge is -2.25. The molecule has 3 aliphatic carbocycles. The number of fused-ring (bicyclic) bond motifs is 12. The summed E-state index contributed by atoms with van der Waals surface area (Å²) in [5, 5.41) is 0. The van der Waals surface area contributed by atoms with E-state index in [0.717, 1.165) is 19.3 Å². The standard InChI is InChI=1S/C54H48/c1-31-7-16-37(17-8-31)28-46-43-25-34(4)13-22-40(43)49-52(46)50-41-23-14-35(5)26-44(41)47(29-38-18-9-32(2)10-19-38)54(50)51-42-24-15-36(6)27-45(42)48(53(49)51)30-39-20-11-33(3)12-21-39/h7-27,46-48H,28-30H2,1-6H3. The van der Waals surface area contributed by atoms with Gasteiger partial charge in [0.15, 0.2) is 0 Å². The molecule has 0 saturated heterocycles. The Morgan fingerprint density at radius 1 is 0.296 bits per heavy atom. The monoisotopic (exact) mass is 696 g/mol. The van der Waals surface area contributed by atoms with Crippen LogP contribution in [0.1, 0.15) is 101 Å². The van der Waals surface area contributed by atoms with Gasteiger partial charge in [-0.2, -0.15) is 0 Å². The highest BCUT2D eigenvalue weighted by molar-refractivity contribution is 6.03. The molecular weight excluding hydrogens is 649 g/mol. The molecule has 0 spiro atoms. The first kappa shape index (κ1) is 33.1. The van der Waals surface area contributed by atoms with Crippen molar-refractivity contribution in [2.45, 2.75) is 78.6 Å². The highest BCUT2D eigenvalue weighted by atomic mass is 14.5. The first-order valence-corrected chi connectivity index (χ1v) is 19.9. The van der Waals surface area contributed by atoms with Gasteiger partial charge in [-0.25, -0.2) is 0 Å². The summed E-state index contributed by atoms with van der Waals surface area (Å²) < 4.78 is 0. The van der Waals surface area contributed by atoms with Gasteiger partial charge in [-0.05, 0) is 144 Å². The molecule has 0 aliphatic heterocycles. The molecular formula is C54H48. The molecule has 0 heterocycles. The Balaban J connectivity index is 1.32. The Kier molecular flexibility index (Phi) is 7.71. The molecule has 0 nitrogen and oxygen atoms in total. The quantitative estimate of drug-likeness (QED) is 0.162. The highest BCUT2D eigenvalue weighted by Gasteiger charge is 2.46. The van der Waals surface area contributed by atoms with Crippen LogP contribution in [0.15, 0.2) is 127 Å². The molecule has 0 N–H and O–H groups in total. The van der Waals surface area contributed by atoms with E-state index in [9.17, 15) is 0 Å². The van der Waals surface area contributed by atoms with Gasteiger partial charge in [-0.1, -0.05) is 161 Å². The maximum atomic E-state index is 2.52. The average Bonchev–Trinajstić information content (AvgIpc) is 3.76. The number of hydrogen-bond donors (Lipinski definition) is 0. The van der Waals surface area contributed by atoms with Gasteiger partial charge in [-0.15, -0.1) is 0 Å². The topological polar surface area (TPSA) is 0 Å². The van der Waals surface area contributed by atoms with Crippen LogP contribution in [0, 0.1) is 41.5 Å². The largest absolute Gasteiger partial charge is 0.0591 e. The van der Waals surface area contributed by atoms with E-state index in [2.05, 4.69) is 169 Å². The van der Waals surface area contributed by atoms with Crippen LogP contribution in [-0.2, 0) is 19.3 Å². The smallest absolute Gasteiger partial charge is 0.0148 e. The maximum Gasteiger partial charge on any atom is 0.0148 e. The van der Waals surface area contributed by atoms with Gasteiger partial charge in [0.05, 0.1) is 0 Å². The minimum absolute atomic E-state index is 0.273. The van der Waals surface area contributed by atoms with Crippen LogP contribution in [0.3, 0.4) is 0 Å². The Bertz CT molecular complexity index is 2300. The summed E-state index contributed by atoms with van der Waals surface area (Å²) in [7, 11) is 0. The molecule has 7 aromatic carbocycles. The van der Waals surface area contributed by atoms with Crippen LogP contribution in [-0.4, -0.2) is 0 Å². The fourth-order valence-corrected chi connectivity index (χ4v) is 10.3. The molecule has 0 saturated carbocycles. The van der Waals surface area contributed by atoms with Crippen LogP contribution in [0.5, 0.6) is 0 Å². The molecule has 3 unspecified atom stereocenters. The molecule has 3 aliphatic rings. The second kappa shape index (κ2) is 12.6. The van der Waals surface area contributed by atoms with Crippen LogP contribution in [0.4, 0.5) is 0 Å². The lowest BCUT2D eigenvalue weighted by atomic mass is 9.77. The summed E-state index contributed by atoms with van der Waals surface area (Å²) in [6.07, 6.45) is 2.98. The molecule has 7 aromatic rings. The third-order valence-electron chi connectivity index (χ3n) is 12.9. The molecule has 3 atom stereocenters. The van der Waals surface area contributed by atoms with E-state index in [4.69, 9.17) is 0 Å². The molecule has 0 fully saturated rings. The lowest BCUT2D eigenvalue weighted by Crippen LogP contribution is -2.09. The fraction of sp³-hybridized carbons (Fsp3) is 0.222. The van der Waals surface area contributed by atoms with E-state index in [-0.39, 0.29) is 17.8 Å². The van der Waals surface area contributed by atoms with Crippen molar-refractivity contribution in [1.29, 1.82) is 0 Å². The summed E-state index contributed by atoms with van der Waals surface area (Å²) in [4.78, 5) is 0. The summed E-state index contributed by atoms with van der Waals surface area (Å²) in [6, 6.07) is 50.0. The Labute approximate surface area is 321 Å². The lowest BCUT2D eigenvalue weighted by molar-refractivity contribution is 0.801. The number of hydrogen-bond acceptors (Lipinski definition) is 0. The first-order chi connectivity index (χ1) is 26.2. The summed E-state index contributed by atoms with van der Waals surface area (Å²) in [6.45, 7) is 13.4. The number of aryl methyl sites for hydroxylation is 6. The van der Waals surface area contributed by atoms with Gasteiger partial charge >= 0.3 is 0 Å². The van der Waals surface area contributed by atoms with Crippen molar-refractivity contribution < 1.29 is 0 Å². The predicted molar refractivity (Wildman–Crippen MR) is 227 cm³/mol. The third-order valence-corrected chi connectivity index (χ3v) is 12.9. The van der Waals surface area contributed by atoms with Gasteiger partial charge in [-0.3, -0.25) is 0 Å². The zero-order chi connectivity index (χ0) is 36.8. The van der Waals surface area contributed by atoms with E-state index < -0.39 is 0 Å². The van der Waals surface area contributed by atoms with Crippen molar-refractivity contribution in [3.05, 3.63) is 211 Å². The average molecular weight is 697 g/mol. The molecule has 0 bridgehead atoms. The van der Waals surface area contributed by atoms with Crippen molar-refractivity contribution >= 4 is 0 Å². The zero-order valence-electron chi connectivity index (χ0n) is 32.5. The molecule has 54 heavy (non-hydrogen) atoms. The molecule has 0 radical (unpaired) electrons.